The van der Waals surface area contributed by atoms with E-state index in [-0.39, 0.29) is 0 Å². The first kappa shape index (κ1) is 45.0. The van der Waals surface area contributed by atoms with Crippen LogP contribution in [0.15, 0.2) is 234 Å². The fraction of sp³-hybridized carbons (Fsp3) is 0.119. The Morgan fingerprint density at radius 3 is 1.78 bits per heavy atom. The van der Waals surface area contributed by atoms with Crippen molar-refractivity contribution < 1.29 is 0 Å². The molecule has 4 nitrogen and oxygen atoms in total. The lowest BCUT2D eigenvalue weighted by molar-refractivity contribution is 0.492. The zero-order chi connectivity index (χ0) is 44.9. The van der Waals surface area contributed by atoms with E-state index in [9.17, 15) is 0 Å². The van der Waals surface area contributed by atoms with Gasteiger partial charge in [0.2, 0.25) is 0 Å². The first-order valence-corrected chi connectivity index (χ1v) is 21.6. The normalized spacial score (nSPS) is 14.4. The van der Waals surface area contributed by atoms with Crippen molar-refractivity contribution in [1.82, 2.24) is 4.90 Å². The van der Waals surface area contributed by atoms with Crippen LogP contribution in [0, 0.1) is 0 Å². The molecule has 0 atom stereocenters. The fourth-order valence-electron chi connectivity index (χ4n) is 8.43. The Labute approximate surface area is 376 Å². The van der Waals surface area contributed by atoms with Crippen molar-refractivity contribution in [2.24, 2.45) is 9.98 Å². The van der Waals surface area contributed by atoms with Gasteiger partial charge in [0, 0.05) is 52.3 Å². The molecular weight excluding hydrogens is 765 g/mol. The molecule has 0 bridgehead atoms. The summed E-state index contributed by atoms with van der Waals surface area (Å²) in [5, 5.41) is 0. The summed E-state index contributed by atoms with van der Waals surface area (Å²) in [6.45, 7) is 32.3. The van der Waals surface area contributed by atoms with E-state index in [0.29, 0.717) is 13.1 Å². The van der Waals surface area contributed by atoms with Crippen molar-refractivity contribution in [3.8, 4) is 22.3 Å². The number of fused-ring (bicyclic) bond motifs is 4. The maximum atomic E-state index is 4.65. The number of allylic oxidation sites excluding steroid dienone is 10. The minimum absolute atomic E-state index is 0.619. The Hall–Kier alpha value is -7.56. The third kappa shape index (κ3) is 9.07. The lowest BCUT2D eigenvalue weighted by atomic mass is 9.86. The highest BCUT2D eigenvalue weighted by Crippen LogP contribution is 2.46. The molecule has 0 unspecified atom stereocenters. The van der Waals surface area contributed by atoms with Crippen LogP contribution in [0.4, 0.5) is 5.69 Å². The second-order valence-electron chi connectivity index (χ2n) is 14.7. The lowest BCUT2D eigenvalue weighted by Gasteiger charge is -2.36. The van der Waals surface area contributed by atoms with Crippen molar-refractivity contribution in [1.29, 1.82) is 0 Å². The molecule has 4 heteroatoms. The molecule has 7 rings (SSSR count). The van der Waals surface area contributed by atoms with Crippen LogP contribution < -0.4 is 4.90 Å². The third-order valence-electron chi connectivity index (χ3n) is 11.2. The van der Waals surface area contributed by atoms with Crippen molar-refractivity contribution in [2.45, 2.75) is 47.7 Å². The quantitative estimate of drug-likeness (QED) is 0.0635. The zero-order valence-corrected chi connectivity index (χ0v) is 37.5. The van der Waals surface area contributed by atoms with E-state index in [4.69, 9.17) is 0 Å². The number of rotatable bonds is 14. The van der Waals surface area contributed by atoms with Gasteiger partial charge in [-0.15, -0.1) is 0 Å². The molecule has 2 aliphatic heterocycles. The Morgan fingerprint density at radius 2 is 1.21 bits per heavy atom. The summed E-state index contributed by atoms with van der Waals surface area (Å²) in [6.07, 6.45) is 18.1. The molecule has 0 saturated heterocycles. The summed E-state index contributed by atoms with van der Waals surface area (Å²) in [6, 6.07) is 42.9. The molecule has 63 heavy (non-hydrogen) atoms. The molecule has 0 spiro atoms. The van der Waals surface area contributed by atoms with E-state index < -0.39 is 0 Å². The van der Waals surface area contributed by atoms with Gasteiger partial charge in [-0.2, -0.15) is 0 Å². The molecule has 5 aromatic carbocycles. The number of hydrogen-bond acceptors (Lipinski definition) is 4. The minimum Gasteiger partial charge on any atom is -0.334 e. The van der Waals surface area contributed by atoms with Crippen LogP contribution in [0.3, 0.4) is 0 Å². The number of hydrogen-bond donors (Lipinski definition) is 0. The first-order valence-electron chi connectivity index (χ1n) is 21.6. The Bertz CT molecular complexity index is 2750. The predicted octanol–water partition coefficient (Wildman–Crippen LogP) is 15.6. The van der Waals surface area contributed by atoms with Crippen LogP contribution in [0.25, 0.3) is 39.2 Å². The summed E-state index contributed by atoms with van der Waals surface area (Å²) in [7, 11) is 0. The zero-order valence-electron chi connectivity index (χ0n) is 37.5. The second-order valence-corrected chi connectivity index (χ2v) is 14.7. The van der Waals surface area contributed by atoms with E-state index in [1.165, 1.54) is 16.7 Å². The minimum atomic E-state index is 0.619. The number of benzene rings is 5. The molecule has 0 amide bonds. The van der Waals surface area contributed by atoms with Crippen molar-refractivity contribution in [3.63, 3.8) is 0 Å². The highest BCUT2D eigenvalue weighted by atomic mass is 15.2. The Balaban J connectivity index is 0.00000326. The number of para-hydroxylation sites is 1. The monoisotopic (exact) mass is 822 g/mol. The SMILES string of the molecule is C=CC1=C(C=C)N(/C(=C(\N=C)c2ccccc2)c2ccccc2)Cc2ccc(-c3ccc4c(c3)-c3ccccc3N(C(=C(N=C)/C(C=C)=C/C=C\C)/C(/C=C\C)=C/C)C4)cc21.CC. The van der Waals surface area contributed by atoms with Crippen molar-refractivity contribution in [2.75, 3.05) is 4.90 Å². The summed E-state index contributed by atoms with van der Waals surface area (Å²) in [5.74, 6) is 0. The van der Waals surface area contributed by atoms with Gasteiger partial charge in [-0.05, 0) is 97.4 Å². The van der Waals surface area contributed by atoms with Gasteiger partial charge in [-0.1, -0.05) is 185 Å². The molecule has 0 fully saturated rings. The van der Waals surface area contributed by atoms with E-state index in [1.54, 1.807) is 0 Å². The molecule has 0 aromatic heterocycles. The van der Waals surface area contributed by atoms with Crippen molar-refractivity contribution in [3.05, 3.63) is 252 Å². The summed E-state index contributed by atoms with van der Waals surface area (Å²) in [5.41, 5.74) is 18.7. The summed E-state index contributed by atoms with van der Waals surface area (Å²) in [4.78, 5) is 14.0. The largest absolute Gasteiger partial charge is 0.334 e. The van der Waals surface area contributed by atoms with Crippen LogP contribution >= 0.6 is 0 Å². The highest BCUT2D eigenvalue weighted by Gasteiger charge is 2.30. The molecule has 314 valence electrons. The van der Waals surface area contributed by atoms with Gasteiger partial charge in [0.1, 0.15) is 0 Å². The summed E-state index contributed by atoms with van der Waals surface area (Å²) >= 11 is 0. The highest BCUT2D eigenvalue weighted by molar-refractivity contribution is 5.95. The van der Waals surface area contributed by atoms with Crippen LogP contribution in [0.5, 0.6) is 0 Å². The van der Waals surface area contributed by atoms with Gasteiger partial charge in [0.05, 0.1) is 22.8 Å². The lowest BCUT2D eigenvalue weighted by Crippen LogP contribution is -2.28. The molecule has 0 aliphatic carbocycles. The number of aliphatic imine (C=N–C) groups is 2. The van der Waals surface area contributed by atoms with Crippen LogP contribution in [0.1, 0.15) is 62.4 Å². The molecule has 0 saturated carbocycles. The number of anilines is 1. The molecule has 5 aromatic rings. The first-order chi connectivity index (χ1) is 30.9. The molecule has 2 heterocycles. The average Bonchev–Trinajstić information content (AvgIpc) is 3.35. The maximum Gasteiger partial charge on any atom is 0.0937 e. The van der Waals surface area contributed by atoms with Gasteiger partial charge >= 0.3 is 0 Å². The second kappa shape index (κ2) is 21.3. The third-order valence-corrected chi connectivity index (χ3v) is 11.2. The van der Waals surface area contributed by atoms with Crippen molar-refractivity contribution >= 4 is 36.1 Å². The van der Waals surface area contributed by atoms with Gasteiger partial charge in [-0.25, -0.2) is 0 Å². The van der Waals surface area contributed by atoms with E-state index >= 15 is 0 Å². The average molecular weight is 823 g/mol. The Kier molecular flexibility index (Phi) is 15.2. The van der Waals surface area contributed by atoms with Gasteiger partial charge in [0.15, 0.2) is 0 Å². The topological polar surface area (TPSA) is 31.2 Å². The van der Waals surface area contributed by atoms with Gasteiger partial charge in [0.25, 0.3) is 0 Å². The molecule has 2 aliphatic rings. The molecule has 0 N–H and O–H groups in total. The fourth-order valence-corrected chi connectivity index (χ4v) is 8.43. The smallest absolute Gasteiger partial charge is 0.0937 e. The van der Waals surface area contributed by atoms with E-state index in [1.807, 2.05) is 88.4 Å². The van der Waals surface area contributed by atoms with Crippen LogP contribution in [-0.2, 0) is 13.1 Å². The number of nitrogens with zero attached hydrogens (tertiary/aromatic N) is 4. The maximum absolute atomic E-state index is 4.65. The molecule has 0 radical (unpaired) electrons. The van der Waals surface area contributed by atoms with Crippen LogP contribution in [0.2, 0.25) is 0 Å². The van der Waals surface area contributed by atoms with Gasteiger partial charge < -0.3 is 9.80 Å². The molecular formula is C59H58N4. The van der Waals surface area contributed by atoms with E-state index in [2.05, 4.69) is 175 Å². The summed E-state index contributed by atoms with van der Waals surface area (Å²) < 4.78 is 0. The van der Waals surface area contributed by atoms with Gasteiger partial charge in [-0.3, -0.25) is 9.98 Å². The van der Waals surface area contributed by atoms with Crippen LogP contribution in [-0.4, -0.2) is 18.3 Å². The van der Waals surface area contributed by atoms with E-state index in [0.717, 1.165) is 84.3 Å². The Morgan fingerprint density at radius 1 is 0.603 bits per heavy atom. The predicted molar refractivity (Wildman–Crippen MR) is 275 cm³/mol. The standard InChI is InChI=1S/C57H52N4.C2H6/c1-9-15-25-40(11-3)54(58-7)56(41(12-4)24-10-2)61-39-47-35-33-45(37-51(47)49-30-22-23-31-53(49)61)44-32-34-46-38-60(52(14-6)48(13-5)50(46)36-44)57(43-28-20-17-21-29-43)55(59-8)42-26-18-16-19-27-42;1-2/h9-37H,3,5-8,38-39H2,1-2,4H3;1-2H3/b15-9-,24-10-,40-25+,41-12+,56-54-,57-55-;.